The molecule has 0 amide bonds. The number of halogens is 1. The molecular formula is C13H20BrN. The molecule has 0 aromatic heterocycles. The lowest BCUT2D eigenvalue weighted by atomic mass is 10.2. The molecule has 0 fully saturated rings. The van der Waals surface area contributed by atoms with Crippen molar-refractivity contribution in [2.45, 2.75) is 32.6 Å². The summed E-state index contributed by atoms with van der Waals surface area (Å²) >= 11 is 3.45. The van der Waals surface area contributed by atoms with Gasteiger partial charge in [0.2, 0.25) is 0 Å². The maximum Gasteiger partial charge on any atom is 0.0364 e. The lowest BCUT2D eigenvalue weighted by molar-refractivity contribution is 0.661. The van der Waals surface area contributed by atoms with Crippen molar-refractivity contribution in [3.63, 3.8) is 0 Å². The molecule has 0 saturated carbocycles. The zero-order valence-corrected chi connectivity index (χ0v) is 11.3. The van der Waals surface area contributed by atoms with Crippen LogP contribution in [0.15, 0.2) is 28.7 Å². The van der Waals surface area contributed by atoms with Crippen LogP contribution in [0.1, 0.15) is 32.6 Å². The van der Waals surface area contributed by atoms with Gasteiger partial charge in [-0.1, -0.05) is 42.1 Å². The molecule has 0 aliphatic heterocycles. The van der Waals surface area contributed by atoms with Crippen LogP contribution < -0.4 is 4.90 Å². The van der Waals surface area contributed by atoms with Crippen LogP contribution in [0, 0.1) is 0 Å². The van der Waals surface area contributed by atoms with E-state index in [1.54, 1.807) is 0 Å². The second-order valence-corrected chi connectivity index (χ2v) is 4.87. The van der Waals surface area contributed by atoms with Crippen LogP contribution in [0.3, 0.4) is 0 Å². The van der Waals surface area contributed by atoms with Gasteiger partial charge in [-0.05, 0) is 30.7 Å². The van der Waals surface area contributed by atoms with Crippen molar-refractivity contribution in [1.29, 1.82) is 0 Å². The van der Waals surface area contributed by atoms with Crippen LogP contribution in [0.5, 0.6) is 0 Å². The van der Waals surface area contributed by atoms with Crippen molar-refractivity contribution in [1.82, 2.24) is 0 Å². The normalized spacial score (nSPS) is 10.3. The summed E-state index contributed by atoms with van der Waals surface area (Å²) in [5, 5.41) is 0. The average molecular weight is 270 g/mol. The van der Waals surface area contributed by atoms with Gasteiger partial charge in [0.05, 0.1) is 0 Å². The Morgan fingerprint density at radius 3 is 2.33 bits per heavy atom. The Labute approximate surface area is 102 Å². The van der Waals surface area contributed by atoms with Gasteiger partial charge in [0.25, 0.3) is 0 Å². The summed E-state index contributed by atoms with van der Waals surface area (Å²) < 4.78 is 1.14. The van der Waals surface area contributed by atoms with Gasteiger partial charge in [-0.15, -0.1) is 0 Å². The third-order valence-corrected chi connectivity index (χ3v) is 3.14. The number of rotatable bonds is 6. The van der Waals surface area contributed by atoms with Gasteiger partial charge in [-0.2, -0.15) is 0 Å². The third kappa shape index (κ3) is 4.70. The first-order valence-corrected chi connectivity index (χ1v) is 6.50. The van der Waals surface area contributed by atoms with Crippen LogP contribution >= 0.6 is 15.9 Å². The predicted octanol–water partition coefficient (Wildman–Crippen LogP) is 4.47. The SMILES string of the molecule is CCCCCCN(C)c1ccc(Br)cc1. The van der Waals surface area contributed by atoms with Gasteiger partial charge >= 0.3 is 0 Å². The Bertz CT molecular complexity index is 268. The van der Waals surface area contributed by atoms with Gasteiger partial charge in [0.15, 0.2) is 0 Å². The molecule has 0 unspecified atom stereocenters. The molecule has 1 nitrogen and oxygen atoms in total. The standard InChI is InChI=1S/C13H20BrN/c1-3-4-5-6-11-15(2)13-9-7-12(14)8-10-13/h7-10H,3-6,11H2,1-2H3. The highest BCUT2D eigenvalue weighted by atomic mass is 79.9. The van der Waals surface area contributed by atoms with E-state index in [-0.39, 0.29) is 0 Å². The molecule has 0 bridgehead atoms. The van der Waals surface area contributed by atoms with E-state index in [0.29, 0.717) is 0 Å². The number of hydrogen-bond donors (Lipinski definition) is 0. The fourth-order valence-corrected chi connectivity index (χ4v) is 1.86. The summed E-state index contributed by atoms with van der Waals surface area (Å²) in [5.74, 6) is 0. The second-order valence-electron chi connectivity index (χ2n) is 3.96. The molecule has 0 N–H and O–H groups in total. The highest BCUT2D eigenvalue weighted by Crippen LogP contribution is 2.17. The summed E-state index contributed by atoms with van der Waals surface area (Å²) in [4.78, 5) is 2.32. The molecule has 0 atom stereocenters. The van der Waals surface area contributed by atoms with Crippen molar-refractivity contribution in [2.24, 2.45) is 0 Å². The van der Waals surface area contributed by atoms with Gasteiger partial charge in [0, 0.05) is 23.8 Å². The first-order chi connectivity index (χ1) is 7.24. The topological polar surface area (TPSA) is 3.24 Å². The Kier molecular flexibility index (Phi) is 5.77. The molecule has 0 saturated heterocycles. The van der Waals surface area contributed by atoms with Gasteiger partial charge in [-0.25, -0.2) is 0 Å². The first kappa shape index (κ1) is 12.6. The maximum absolute atomic E-state index is 3.45. The number of nitrogens with zero attached hydrogens (tertiary/aromatic N) is 1. The molecule has 0 heterocycles. The Morgan fingerprint density at radius 2 is 1.73 bits per heavy atom. The molecule has 1 rings (SSSR count). The fraction of sp³-hybridized carbons (Fsp3) is 0.538. The molecule has 1 aromatic carbocycles. The number of anilines is 1. The second kappa shape index (κ2) is 6.89. The fourth-order valence-electron chi connectivity index (χ4n) is 1.60. The molecular weight excluding hydrogens is 250 g/mol. The first-order valence-electron chi connectivity index (χ1n) is 5.70. The van der Waals surface area contributed by atoms with Gasteiger partial charge in [0.1, 0.15) is 0 Å². The number of benzene rings is 1. The van der Waals surface area contributed by atoms with E-state index in [0.717, 1.165) is 11.0 Å². The minimum Gasteiger partial charge on any atom is -0.375 e. The van der Waals surface area contributed by atoms with E-state index in [2.05, 4.69) is 59.1 Å². The third-order valence-electron chi connectivity index (χ3n) is 2.61. The molecule has 15 heavy (non-hydrogen) atoms. The zero-order valence-electron chi connectivity index (χ0n) is 9.67. The van der Waals surface area contributed by atoms with Crippen LogP contribution in [0.2, 0.25) is 0 Å². The van der Waals surface area contributed by atoms with Crippen molar-refractivity contribution in [3.05, 3.63) is 28.7 Å². The van der Waals surface area contributed by atoms with Crippen molar-refractivity contribution in [2.75, 3.05) is 18.5 Å². The summed E-state index contributed by atoms with van der Waals surface area (Å²) in [5.41, 5.74) is 1.30. The van der Waals surface area contributed by atoms with Crippen molar-refractivity contribution in [3.8, 4) is 0 Å². The molecule has 0 radical (unpaired) electrons. The highest BCUT2D eigenvalue weighted by Gasteiger charge is 1.99. The lowest BCUT2D eigenvalue weighted by Crippen LogP contribution is -2.18. The summed E-state index contributed by atoms with van der Waals surface area (Å²) in [6, 6.07) is 8.50. The molecule has 0 aliphatic rings. The van der Waals surface area contributed by atoms with Gasteiger partial charge in [-0.3, -0.25) is 0 Å². The maximum atomic E-state index is 3.45. The van der Waals surface area contributed by atoms with E-state index >= 15 is 0 Å². The smallest absolute Gasteiger partial charge is 0.0364 e. The van der Waals surface area contributed by atoms with Crippen LogP contribution in [-0.2, 0) is 0 Å². The van der Waals surface area contributed by atoms with Gasteiger partial charge < -0.3 is 4.90 Å². The van der Waals surface area contributed by atoms with Crippen LogP contribution in [0.25, 0.3) is 0 Å². The number of hydrogen-bond acceptors (Lipinski definition) is 1. The highest BCUT2D eigenvalue weighted by molar-refractivity contribution is 9.10. The van der Waals surface area contributed by atoms with E-state index in [4.69, 9.17) is 0 Å². The summed E-state index contributed by atoms with van der Waals surface area (Å²) in [6.07, 6.45) is 5.30. The number of unbranched alkanes of at least 4 members (excludes halogenated alkanes) is 3. The Morgan fingerprint density at radius 1 is 1.07 bits per heavy atom. The molecule has 2 heteroatoms. The predicted molar refractivity (Wildman–Crippen MR) is 71.6 cm³/mol. The van der Waals surface area contributed by atoms with E-state index < -0.39 is 0 Å². The van der Waals surface area contributed by atoms with E-state index in [1.807, 2.05) is 0 Å². The largest absolute Gasteiger partial charge is 0.375 e. The molecule has 0 spiro atoms. The van der Waals surface area contributed by atoms with Crippen molar-refractivity contribution >= 4 is 21.6 Å². The quantitative estimate of drug-likeness (QED) is 0.689. The average Bonchev–Trinajstić information content (AvgIpc) is 2.25. The zero-order chi connectivity index (χ0) is 11.1. The van der Waals surface area contributed by atoms with Crippen molar-refractivity contribution < 1.29 is 0 Å². The Balaban J connectivity index is 2.33. The molecule has 84 valence electrons. The minimum atomic E-state index is 1.14. The van der Waals surface area contributed by atoms with E-state index in [1.165, 1.54) is 31.4 Å². The van der Waals surface area contributed by atoms with Crippen LogP contribution in [0.4, 0.5) is 5.69 Å². The summed E-state index contributed by atoms with van der Waals surface area (Å²) in [7, 11) is 2.16. The lowest BCUT2D eigenvalue weighted by Gasteiger charge is -2.19. The molecule has 0 aliphatic carbocycles. The minimum absolute atomic E-state index is 1.14. The van der Waals surface area contributed by atoms with Crippen LogP contribution in [-0.4, -0.2) is 13.6 Å². The summed E-state index contributed by atoms with van der Waals surface area (Å²) in [6.45, 7) is 3.40. The monoisotopic (exact) mass is 269 g/mol. The molecule has 1 aromatic rings. The Hall–Kier alpha value is -0.500. The van der Waals surface area contributed by atoms with E-state index in [9.17, 15) is 0 Å².